The number of hydrogen-bond acceptors (Lipinski definition) is 6. The summed E-state index contributed by atoms with van der Waals surface area (Å²) >= 11 is 1.50. The maximum Gasteiger partial charge on any atom is 1.00 e. The monoisotopic (exact) mass is 280 g/mol. The van der Waals surface area contributed by atoms with Crippen molar-refractivity contribution in [2.75, 3.05) is 0 Å². The van der Waals surface area contributed by atoms with Crippen LogP contribution in [0, 0.1) is 0 Å². The Bertz CT molecular complexity index is 390. The summed E-state index contributed by atoms with van der Waals surface area (Å²) < 4.78 is 0. The van der Waals surface area contributed by atoms with Gasteiger partial charge in [0, 0.05) is 5.25 Å². The zero-order chi connectivity index (χ0) is 12.6. The number of fused-ring (bicyclic) bond motifs is 1. The predicted octanol–water partition coefficient (Wildman–Crippen LogP) is -3.59. The second-order valence-electron chi connectivity index (χ2n) is 4.27. The van der Waals surface area contributed by atoms with Crippen LogP contribution in [0.15, 0.2) is 5.16 Å². The summed E-state index contributed by atoms with van der Waals surface area (Å²) in [6, 6.07) is -0.835. The van der Waals surface area contributed by atoms with Crippen LogP contribution in [0.25, 0.3) is 0 Å². The number of hydrogen-bond donors (Lipinski definition) is 1. The number of carbonyl (C=O) groups is 2. The number of carbonyl (C=O) groups excluding carboxylic acids is 2. The van der Waals surface area contributed by atoms with E-state index in [0.717, 1.165) is 0 Å². The molecule has 2 aliphatic rings. The third-order valence-corrected chi connectivity index (χ3v) is 4.69. The van der Waals surface area contributed by atoms with E-state index >= 15 is 0 Å². The topological polar surface area (TPSA) is 93.0 Å². The fourth-order valence-electron chi connectivity index (χ4n) is 2.20. The number of β-lactam (4-membered cyclic amide) rings is 1. The van der Waals surface area contributed by atoms with Crippen molar-refractivity contribution < 1.29 is 49.5 Å². The number of oxime groups is 1. The molecule has 0 radical (unpaired) electrons. The summed E-state index contributed by atoms with van der Waals surface area (Å²) in [5, 5.41) is 22.5. The van der Waals surface area contributed by atoms with Gasteiger partial charge in [-0.25, -0.2) is 0 Å². The quantitative estimate of drug-likeness (QED) is 0.189. The second kappa shape index (κ2) is 6.27. The van der Waals surface area contributed by atoms with Crippen LogP contribution in [0.2, 0.25) is 0 Å². The van der Waals surface area contributed by atoms with Gasteiger partial charge in [0.2, 0.25) is 5.91 Å². The van der Waals surface area contributed by atoms with Crippen molar-refractivity contribution in [3.05, 3.63) is 0 Å². The van der Waals surface area contributed by atoms with Crippen LogP contribution in [0.3, 0.4) is 0 Å². The fraction of sp³-hybridized carbons (Fsp3) is 0.700. The van der Waals surface area contributed by atoms with Gasteiger partial charge in [-0.2, -0.15) is 0 Å². The Kier molecular flexibility index (Phi) is 5.51. The normalized spacial score (nSPS) is 30.5. The molecule has 2 fully saturated rings. The maximum absolute atomic E-state index is 11.3. The van der Waals surface area contributed by atoms with Crippen LogP contribution in [-0.4, -0.2) is 44.4 Å². The van der Waals surface area contributed by atoms with Gasteiger partial charge in [0.05, 0.1) is 29.5 Å². The Hall–Kier alpha value is -0.240. The minimum absolute atomic E-state index is 0. The van der Waals surface area contributed by atoms with Gasteiger partial charge in [0.25, 0.3) is 0 Å². The molecule has 0 saturated carbocycles. The number of amides is 1. The molecule has 2 heterocycles. The van der Waals surface area contributed by atoms with Crippen molar-refractivity contribution >= 4 is 29.4 Å². The Morgan fingerprint density at radius 1 is 1.67 bits per heavy atom. The molecule has 0 bridgehead atoms. The van der Waals surface area contributed by atoms with E-state index in [1.165, 1.54) is 16.7 Å². The van der Waals surface area contributed by atoms with Gasteiger partial charge in [-0.1, -0.05) is 5.16 Å². The van der Waals surface area contributed by atoms with Crippen molar-refractivity contribution in [1.82, 2.24) is 4.90 Å². The van der Waals surface area contributed by atoms with E-state index in [1.807, 2.05) is 0 Å². The predicted molar refractivity (Wildman–Crippen MR) is 59.6 cm³/mol. The molecule has 1 amide bonds. The number of thioether (sulfide) groups is 1. The Balaban J connectivity index is 0.00000162. The Morgan fingerprint density at radius 3 is 2.83 bits per heavy atom. The first-order valence-electron chi connectivity index (χ1n) is 5.39. The molecule has 2 rings (SSSR count). The largest absolute Gasteiger partial charge is 1.00 e. The van der Waals surface area contributed by atoms with Gasteiger partial charge >= 0.3 is 29.6 Å². The first-order chi connectivity index (χ1) is 8.04. The summed E-state index contributed by atoms with van der Waals surface area (Å²) in [4.78, 5) is 23.8. The molecule has 0 aromatic rings. The van der Waals surface area contributed by atoms with Crippen molar-refractivity contribution in [2.24, 2.45) is 5.16 Å². The SMILES string of the molecule is CC(CCC1SC2CC(=O)N2C1C(=O)[O-])=NO.[Na+]. The Morgan fingerprint density at radius 2 is 2.33 bits per heavy atom. The molecule has 2 aliphatic heterocycles. The van der Waals surface area contributed by atoms with Gasteiger partial charge in [0.15, 0.2) is 0 Å². The van der Waals surface area contributed by atoms with Crippen LogP contribution in [0.1, 0.15) is 26.2 Å². The van der Waals surface area contributed by atoms with Crippen LogP contribution in [-0.2, 0) is 9.59 Å². The smallest absolute Gasteiger partial charge is 0.548 e. The molecule has 3 unspecified atom stereocenters. The van der Waals surface area contributed by atoms with E-state index in [-0.39, 0.29) is 46.1 Å². The van der Waals surface area contributed by atoms with Crippen LogP contribution >= 0.6 is 11.8 Å². The molecular weight excluding hydrogens is 267 g/mol. The average Bonchev–Trinajstić information content (AvgIpc) is 2.58. The van der Waals surface area contributed by atoms with E-state index in [1.54, 1.807) is 6.92 Å². The van der Waals surface area contributed by atoms with E-state index < -0.39 is 12.0 Å². The van der Waals surface area contributed by atoms with Gasteiger partial charge in [-0.05, 0) is 19.8 Å². The van der Waals surface area contributed by atoms with E-state index in [4.69, 9.17) is 5.21 Å². The molecular formula is C10H13N2NaO4S. The van der Waals surface area contributed by atoms with Crippen LogP contribution < -0.4 is 34.7 Å². The van der Waals surface area contributed by atoms with Gasteiger partial charge in [0.1, 0.15) is 0 Å². The molecule has 94 valence electrons. The van der Waals surface area contributed by atoms with Gasteiger partial charge < -0.3 is 20.0 Å². The number of nitrogens with zero attached hydrogens (tertiary/aromatic N) is 2. The molecule has 0 aliphatic carbocycles. The molecule has 0 aromatic heterocycles. The van der Waals surface area contributed by atoms with Crippen molar-refractivity contribution in [3.8, 4) is 0 Å². The number of aliphatic carboxylic acids is 1. The molecule has 6 nitrogen and oxygen atoms in total. The maximum atomic E-state index is 11.3. The first kappa shape index (κ1) is 15.8. The minimum atomic E-state index is -1.20. The average molecular weight is 280 g/mol. The van der Waals surface area contributed by atoms with Crippen LogP contribution in [0.4, 0.5) is 0 Å². The standard InChI is InChI=1S/C10H14N2O4S.Na/c1-5(11-16)2-3-6-9(10(14)15)12-7(13)4-8(12)17-6;/h6,8-9,16H,2-4H2,1H3,(H,14,15);/q;+1/p-1. The van der Waals surface area contributed by atoms with E-state index in [9.17, 15) is 14.7 Å². The first-order valence-corrected chi connectivity index (χ1v) is 6.34. The summed E-state index contributed by atoms with van der Waals surface area (Å²) in [5.41, 5.74) is 0.559. The van der Waals surface area contributed by atoms with E-state index in [0.29, 0.717) is 25.0 Å². The molecule has 18 heavy (non-hydrogen) atoms. The third-order valence-electron chi connectivity index (χ3n) is 3.13. The zero-order valence-electron chi connectivity index (χ0n) is 10.3. The minimum Gasteiger partial charge on any atom is -0.548 e. The molecule has 3 atom stereocenters. The number of rotatable bonds is 4. The van der Waals surface area contributed by atoms with Crippen molar-refractivity contribution in [2.45, 2.75) is 42.9 Å². The molecule has 0 spiro atoms. The van der Waals surface area contributed by atoms with Gasteiger partial charge in [-0.15, -0.1) is 11.8 Å². The summed E-state index contributed by atoms with van der Waals surface area (Å²) in [7, 11) is 0. The summed E-state index contributed by atoms with van der Waals surface area (Å²) in [6.45, 7) is 1.67. The molecule has 0 aromatic carbocycles. The van der Waals surface area contributed by atoms with Crippen molar-refractivity contribution in [3.63, 3.8) is 0 Å². The molecule has 1 N–H and O–H groups in total. The molecule has 8 heteroatoms. The fourth-order valence-corrected chi connectivity index (χ4v) is 3.86. The summed E-state index contributed by atoms with van der Waals surface area (Å²) in [6.07, 6.45) is 1.50. The number of carboxylic acids is 1. The zero-order valence-corrected chi connectivity index (χ0v) is 13.1. The second-order valence-corrected chi connectivity index (χ2v) is 5.69. The Labute approximate surface area is 131 Å². The van der Waals surface area contributed by atoms with Gasteiger partial charge in [-0.3, -0.25) is 4.79 Å². The third kappa shape index (κ3) is 2.84. The molecule has 2 saturated heterocycles. The van der Waals surface area contributed by atoms with E-state index in [2.05, 4.69) is 5.16 Å². The number of carboxylic acid groups (broad SMARTS) is 1. The van der Waals surface area contributed by atoms with Crippen LogP contribution in [0.5, 0.6) is 0 Å². The summed E-state index contributed by atoms with van der Waals surface area (Å²) in [5.74, 6) is -1.32. The van der Waals surface area contributed by atoms with Crippen molar-refractivity contribution in [1.29, 1.82) is 0 Å².